The van der Waals surface area contributed by atoms with Gasteiger partial charge >= 0.3 is 0 Å². The van der Waals surface area contributed by atoms with Crippen molar-refractivity contribution < 1.29 is 9.90 Å². The van der Waals surface area contributed by atoms with E-state index >= 15 is 0 Å². The third-order valence-electron chi connectivity index (χ3n) is 11.8. The molecule has 2 N–H and O–H groups in total. The minimum atomic E-state index is -0.135. The second kappa shape index (κ2) is 16.4. The Morgan fingerprint density at radius 2 is 1.76 bits per heavy atom. The number of aryl methyl sites for hydroxylation is 3. The molecule has 2 aliphatic carbocycles. The summed E-state index contributed by atoms with van der Waals surface area (Å²) in [6.07, 6.45) is 19.1. The van der Waals surface area contributed by atoms with Gasteiger partial charge in [-0.25, -0.2) is 4.98 Å². The van der Waals surface area contributed by atoms with Gasteiger partial charge in [-0.05, 0) is 155 Å². The van der Waals surface area contributed by atoms with E-state index in [1.54, 1.807) is 23.0 Å². The van der Waals surface area contributed by atoms with E-state index in [4.69, 9.17) is 4.98 Å². The Balaban J connectivity index is 1.07. The highest BCUT2D eigenvalue weighted by molar-refractivity contribution is 7.14. The normalized spacial score (nSPS) is 20.1. The Hall–Kier alpha value is -3.59. The van der Waals surface area contributed by atoms with Crippen LogP contribution >= 0.6 is 11.3 Å². The van der Waals surface area contributed by atoms with Crippen LogP contribution < -0.4 is 10.9 Å². The lowest BCUT2D eigenvalue weighted by atomic mass is 9.88. The van der Waals surface area contributed by atoms with Crippen LogP contribution in [0.3, 0.4) is 0 Å². The Labute approximate surface area is 307 Å². The molecule has 0 amide bonds. The quantitative estimate of drug-likeness (QED) is 0.169. The molecule has 4 aromatic rings. The predicted octanol–water partition coefficient (Wildman–Crippen LogP) is 8.76. The van der Waals surface area contributed by atoms with Gasteiger partial charge in [0, 0.05) is 35.8 Å². The van der Waals surface area contributed by atoms with Gasteiger partial charge in [0.25, 0.3) is 5.56 Å². The van der Waals surface area contributed by atoms with Crippen LogP contribution in [0.2, 0.25) is 0 Å². The Bertz CT molecular complexity index is 1890. The van der Waals surface area contributed by atoms with E-state index in [9.17, 15) is 14.7 Å². The number of benzene rings is 1. The molecule has 2 atom stereocenters. The molecule has 8 heteroatoms. The number of carbonyl (C=O) groups is 1. The average molecular weight is 707 g/mol. The molecule has 0 bridgehead atoms. The number of thiophene rings is 1. The predicted molar refractivity (Wildman–Crippen MR) is 209 cm³/mol. The number of fused-ring (bicyclic) bond motifs is 3. The summed E-state index contributed by atoms with van der Waals surface area (Å²) in [6, 6.07) is 12.2. The molecular formula is C43H54N4O3S. The van der Waals surface area contributed by atoms with Crippen molar-refractivity contribution in [3.63, 3.8) is 0 Å². The number of hydrogen-bond donors (Lipinski definition) is 2. The van der Waals surface area contributed by atoms with E-state index < -0.39 is 0 Å². The van der Waals surface area contributed by atoms with Crippen molar-refractivity contribution in [3.8, 4) is 11.1 Å². The fraction of sp³-hybridized carbons (Fsp3) is 0.512. The molecule has 1 fully saturated rings. The van der Waals surface area contributed by atoms with Gasteiger partial charge in [0.1, 0.15) is 11.5 Å². The number of aliphatic hydroxyl groups excluding tert-OH is 1. The van der Waals surface area contributed by atoms with Crippen molar-refractivity contribution in [2.75, 3.05) is 25.0 Å². The first kappa shape index (κ1) is 35.8. The Morgan fingerprint density at radius 1 is 0.941 bits per heavy atom. The van der Waals surface area contributed by atoms with Gasteiger partial charge in [0.05, 0.1) is 11.5 Å². The van der Waals surface area contributed by atoms with E-state index in [1.807, 2.05) is 36.7 Å². The summed E-state index contributed by atoms with van der Waals surface area (Å²) in [5, 5.41) is 14.0. The topological polar surface area (TPSA) is 87.5 Å². The van der Waals surface area contributed by atoms with Crippen molar-refractivity contribution in [2.24, 2.45) is 13.0 Å². The zero-order chi connectivity index (χ0) is 35.3. The summed E-state index contributed by atoms with van der Waals surface area (Å²) in [5.41, 5.74) is 8.12. The molecule has 0 saturated carbocycles. The molecule has 270 valence electrons. The van der Waals surface area contributed by atoms with E-state index in [2.05, 4.69) is 29.3 Å². The number of rotatable bonds is 9. The molecule has 3 aromatic heterocycles. The molecule has 1 saturated heterocycles. The lowest BCUT2D eigenvalue weighted by Gasteiger charge is -2.19. The van der Waals surface area contributed by atoms with Crippen molar-refractivity contribution >= 4 is 28.6 Å². The lowest BCUT2D eigenvalue weighted by Crippen LogP contribution is -2.25. The maximum Gasteiger partial charge on any atom is 0.274 e. The second-order valence-corrected chi connectivity index (χ2v) is 16.1. The number of aliphatic hydroxyl groups is 1. The molecule has 4 heterocycles. The van der Waals surface area contributed by atoms with Crippen LogP contribution in [0, 0.1) is 5.92 Å². The van der Waals surface area contributed by atoms with Crippen molar-refractivity contribution in [1.29, 1.82) is 0 Å². The van der Waals surface area contributed by atoms with Gasteiger partial charge < -0.3 is 19.9 Å². The monoisotopic (exact) mass is 706 g/mol. The Kier molecular flexibility index (Phi) is 11.5. The number of Topliss-reactive ketones (excluding diaryl/α,β-unsaturated/α-hetero) is 1. The summed E-state index contributed by atoms with van der Waals surface area (Å²) in [7, 11) is 1.77. The summed E-state index contributed by atoms with van der Waals surface area (Å²) < 4.78 is 1.60. The van der Waals surface area contributed by atoms with Gasteiger partial charge in [0.2, 0.25) is 0 Å². The molecule has 3 aliphatic rings. The molecule has 1 aliphatic heterocycles. The van der Waals surface area contributed by atoms with Crippen molar-refractivity contribution in [2.45, 2.75) is 109 Å². The van der Waals surface area contributed by atoms with E-state index in [0.717, 1.165) is 78.6 Å². The Morgan fingerprint density at radius 3 is 2.59 bits per heavy atom. The van der Waals surface area contributed by atoms with Crippen molar-refractivity contribution in [1.82, 2.24) is 14.5 Å². The summed E-state index contributed by atoms with van der Waals surface area (Å²) in [5.74, 6) is 1.51. The smallest absolute Gasteiger partial charge is 0.274 e. The van der Waals surface area contributed by atoms with Crippen LogP contribution in [0.4, 0.5) is 11.5 Å². The average Bonchev–Trinajstić information content (AvgIpc) is 3.51. The second-order valence-electron chi connectivity index (χ2n) is 15.0. The molecule has 0 radical (unpaired) electrons. The number of nitrogens with zero attached hydrogens (tertiary/aromatic N) is 3. The summed E-state index contributed by atoms with van der Waals surface area (Å²) in [4.78, 5) is 37.0. The standard InChI is InChI=1S/C43H54N4O3S/c1-3-47-23-7-6-11-29(14-10-24-47)32-21-22-40(44-26-32)45-38-25-33(27-46(2)43(38)50)34-16-8-12-30(37(34)28-48)19-20-31-13-9-17-36-35-15-4-5-18-39(35)51-42(36)41(31)49/h8,12,16,21-22,25-27,29,31,48H,3-7,9-11,13-15,17-20,23-24,28H2,1-2H3,(H,44,45). The van der Waals surface area contributed by atoms with Crippen LogP contribution in [0.1, 0.15) is 119 Å². The van der Waals surface area contributed by atoms with Gasteiger partial charge in [-0.2, -0.15) is 0 Å². The highest BCUT2D eigenvalue weighted by Gasteiger charge is 2.31. The third kappa shape index (κ3) is 7.93. The third-order valence-corrected chi connectivity index (χ3v) is 13.2. The molecule has 0 spiro atoms. The highest BCUT2D eigenvalue weighted by Crippen LogP contribution is 2.40. The number of ketones is 1. The summed E-state index contributed by atoms with van der Waals surface area (Å²) in [6.45, 7) is 5.63. The number of anilines is 2. The maximum atomic E-state index is 13.8. The zero-order valence-corrected chi connectivity index (χ0v) is 31.3. The number of pyridine rings is 2. The first-order valence-corrected chi connectivity index (χ1v) is 20.3. The van der Waals surface area contributed by atoms with Gasteiger partial charge in [-0.1, -0.05) is 37.6 Å². The van der Waals surface area contributed by atoms with Gasteiger partial charge in [0.15, 0.2) is 5.78 Å². The fourth-order valence-electron chi connectivity index (χ4n) is 8.87. The van der Waals surface area contributed by atoms with Crippen LogP contribution in [0.25, 0.3) is 11.1 Å². The number of nitrogens with one attached hydrogen (secondary N) is 1. The van der Waals surface area contributed by atoms with Crippen LogP contribution in [-0.4, -0.2) is 45.0 Å². The molecule has 2 unspecified atom stereocenters. The molecule has 51 heavy (non-hydrogen) atoms. The minimum Gasteiger partial charge on any atom is -0.392 e. The lowest BCUT2D eigenvalue weighted by molar-refractivity contribution is 0.0913. The van der Waals surface area contributed by atoms with Crippen LogP contribution in [0.5, 0.6) is 0 Å². The zero-order valence-electron chi connectivity index (χ0n) is 30.5. The van der Waals surface area contributed by atoms with E-state index in [1.165, 1.54) is 79.6 Å². The molecule has 1 aromatic carbocycles. The fourth-order valence-corrected chi connectivity index (χ4v) is 10.3. The van der Waals surface area contributed by atoms with E-state index in [0.29, 0.717) is 23.2 Å². The SMILES string of the molecule is CCN1CCCCC(c2ccc(Nc3cc(-c4cccc(CCC5CCCc6c(sc7c6CCCC7)C5=O)c4CO)cn(C)c3=O)nc2)CCC1. The van der Waals surface area contributed by atoms with Crippen molar-refractivity contribution in [3.05, 3.63) is 96.7 Å². The van der Waals surface area contributed by atoms with Crippen LogP contribution in [-0.2, 0) is 39.3 Å². The molecule has 7 rings (SSSR count). The van der Waals surface area contributed by atoms with Gasteiger partial charge in [-0.3, -0.25) is 9.59 Å². The summed E-state index contributed by atoms with van der Waals surface area (Å²) >= 11 is 1.78. The number of aromatic nitrogens is 2. The first-order chi connectivity index (χ1) is 24.9. The van der Waals surface area contributed by atoms with Crippen LogP contribution in [0.15, 0.2) is 53.6 Å². The minimum absolute atomic E-state index is 0.0109. The highest BCUT2D eigenvalue weighted by atomic mass is 32.1. The number of carbonyl (C=O) groups excluding carboxylic acids is 1. The first-order valence-electron chi connectivity index (χ1n) is 19.5. The largest absolute Gasteiger partial charge is 0.392 e. The van der Waals surface area contributed by atoms with E-state index in [-0.39, 0.29) is 18.1 Å². The van der Waals surface area contributed by atoms with Gasteiger partial charge in [-0.15, -0.1) is 11.3 Å². The number of hydrogen-bond acceptors (Lipinski definition) is 7. The maximum absolute atomic E-state index is 13.8. The molecule has 7 nitrogen and oxygen atoms in total. The molecular weight excluding hydrogens is 653 g/mol.